The summed E-state index contributed by atoms with van der Waals surface area (Å²) in [5.74, 6) is 0.308. The maximum atomic E-state index is 12.8. The maximum Gasteiger partial charge on any atom is 0.265 e. The van der Waals surface area contributed by atoms with E-state index in [4.69, 9.17) is 0 Å². The van der Waals surface area contributed by atoms with E-state index in [-0.39, 0.29) is 24.0 Å². The van der Waals surface area contributed by atoms with Crippen LogP contribution in [0.1, 0.15) is 14.7 Å². The van der Waals surface area contributed by atoms with Crippen LogP contribution in [-0.2, 0) is 10.0 Å². The number of nitrogens with zero attached hydrogens (tertiary/aromatic N) is 6. The number of aryl methyl sites for hydroxylation is 1. The lowest BCUT2D eigenvalue weighted by atomic mass is 10.3. The molecule has 9 nitrogen and oxygen atoms in total. The third-order valence-corrected chi connectivity index (χ3v) is 7.89. The molecule has 0 spiro atoms. The van der Waals surface area contributed by atoms with E-state index in [9.17, 15) is 13.2 Å². The zero-order chi connectivity index (χ0) is 19.7. The summed E-state index contributed by atoms with van der Waals surface area (Å²) in [5, 5.41) is 2.90. The van der Waals surface area contributed by atoms with Crippen LogP contribution in [0.4, 0.5) is 0 Å². The minimum atomic E-state index is -3.62. The molecule has 1 aliphatic heterocycles. The number of piperazine rings is 1. The molecule has 3 aromatic rings. The van der Waals surface area contributed by atoms with E-state index in [1.807, 2.05) is 0 Å². The summed E-state index contributed by atoms with van der Waals surface area (Å²) in [5.41, 5.74) is 0. The van der Waals surface area contributed by atoms with Crippen molar-refractivity contribution in [1.29, 1.82) is 0 Å². The Balaban J connectivity index is 1.43. The summed E-state index contributed by atoms with van der Waals surface area (Å²) in [6, 6.07) is 1.71. The molecule has 0 saturated carbocycles. The molecular weight excluding hydrogens is 420 g/mol. The van der Waals surface area contributed by atoms with Gasteiger partial charge in [0.1, 0.15) is 4.88 Å². The Morgan fingerprint density at radius 1 is 1.11 bits per heavy atom. The van der Waals surface area contributed by atoms with Gasteiger partial charge >= 0.3 is 0 Å². The fourth-order valence-electron chi connectivity index (χ4n) is 2.77. The monoisotopic (exact) mass is 436 g/mol. The molecule has 0 unspecified atom stereocenters. The van der Waals surface area contributed by atoms with Crippen molar-refractivity contribution in [1.82, 2.24) is 29.1 Å². The van der Waals surface area contributed by atoms with Gasteiger partial charge in [0.15, 0.2) is 15.9 Å². The minimum Gasteiger partial charge on any atom is -0.335 e. The van der Waals surface area contributed by atoms with Crippen molar-refractivity contribution < 1.29 is 13.2 Å². The molecule has 0 N–H and O–H groups in total. The highest BCUT2D eigenvalue weighted by molar-refractivity contribution is 7.89. The molecular formula is C16H16N6O3S3. The molecule has 0 atom stereocenters. The first-order valence-corrected chi connectivity index (χ1v) is 11.5. The molecule has 0 aromatic carbocycles. The van der Waals surface area contributed by atoms with Crippen molar-refractivity contribution >= 4 is 38.6 Å². The molecule has 146 valence electrons. The molecule has 12 heteroatoms. The van der Waals surface area contributed by atoms with Crippen molar-refractivity contribution in [2.75, 3.05) is 26.2 Å². The minimum absolute atomic E-state index is 0.0738. The molecule has 0 radical (unpaired) electrons. The molecule has 1 amide bonds. The first-order valence-electron chi connectivity index (χ1n) is 8.40. The summed E-state index contributed by atoms with van der Waals surface area (Å²) in [7, 11) is -3.62. The number of amides is 1. The van der Waals surface area contributed by atoms with Crippen molar-refractivity contribution in [2.24, 2.45) is 0 Å². The number of thiazole rings is 2. The molecule has 3 aromatic heterocycles. The van der Waals surface area contributed by atoms with Gasteiger partial charge in [0.25, 0.3) is 15.9 Å². The molecule has 28 heavy (non-hydrogen) atoms. The molecule has 4 rings (SSSR count). The lowest BCUT2D eigenvalue weighted by Crippen LogP contribution is -2.50. The van der Waals surface area contributed by atoms with Crippen LogP contribution in [0.25, 0.3) is 10.8 Å². The van der Waals surface area contributed by atoms with E-state index in [0.717, 1.165) is 0 Å². The van der Waals surface area contributed by atoms with Crippen molar-refractivity contribution in [3.8, 4) is 10.8 Å². The number of hydrogen-bond donors (Lipinski definition) is 0. The topological polar surface area (TPSA) is 109 Å². The number of carbonyl (C=O) groups excluding carboxylic acids is 1. The summed E-state index contributed by atoms with van der Waals surface area (Å²) >= 11 is 2.53. The number of aromatic nitrogens is 4. The first-order chi connectivity index (χ1) is 13.4. The van der Waals surface area contributed by atoms with Crippen LogP contribution in [0.5, 0.6) is 0 Å². The van der Waals surface area contributed by atoms with Crippen LogP contribution in [0.2, 0.25) is 0 Å². The standard InChI is InChI=1S/C16H16N6O3S3/c1-11-20-13(10-26-11)28(24,25)22-7-5-21(6-8-22)16(23)12-9-19-15(27-12)14-17-3-2-4-18-14/h2-4,9-10H,5-8H2,1H3. The Labute approximate surface area is 169 Å². The second kappa shape index (κ2) is 7.62. The Kier molecular flexibility index (Phi) is 5.19. The highest BCUT2D eigenvalue weighted by Crippen LogP contribution is 2.24. The van der Waals surface area contributed by atoms with Gasteiger partial charge in [0.05, 0.1) is 11.2 Å². The lowest BCUT2D eigenvalue weighted by Gasteiger charge is -2.33. The zero-order valence-corrected chi connectivity index (χ0v) is 17.3. The second-order valence-electron chi connectivity index (χ2n) is 6.00. The Morgan fingerprint density at radius 3 is 2.46 bits per heavy atom. The Hall–Kier alpha value is -2.28. The molecule has 1 saturated heterocycles. The van der Waals surface area contributed by atoms with Gasteiger partial charge in [-0.1, -0.05) is 0 Å². The first kappa shape index (κ1) is 19.1. The van der Waals surface area contributed by atoms with Crippen molar-refractivity contribution in [2.45, 2.75) is 11.9 Å². The third-order valence-electron chi connectivity index (χ3n) is 4.20. The predicted octanol–water partition coefficient (Wildman–Crippen LogP) is 1.51. The number of sulfonamides is 1. The van der Waals surface area contributed by atoms with E-state index in [1.165, 1.54) is 33.2 Å². The molecule has 1 aliphatic rings. The molecule has 1 fully saturated rings. The van der Waals surface area contributed by atoms with Gasteiger partial charge in [-0.2, -0.15) is 4.31 Å². The van der Waals surface area contributed by atoms with Crippen molar-refractivity contribution in [3.05, 3.63) is 39.9 Å². The van der Waals surface area contributed by atoms with Crippen LogP contribution in [0.15, 0.2) is 35.1 Å². The largest absolute Gasteiger partial charge is 0.335 e. The van der Waals surface area contributed by atoms with Gasteiger partial charge in [-0.15, -0.1) is 22.7 Å². The van der Waals surface area contributed by atoms with E-state index >= 15 is 0 Å². The summed E-state index contributed by atoms with van der Waals surface area (Å²) in [6.07, 6.45) is 4.75. The lowest BCUT2D eigenvalue weighted by molar-refractivity contribution is 0.0702. The van der Waals surface area contributed by atoms with Gasteiger partial charge in [0.2, 0.25) is 0 Å². The van der Waals surface area contributed by atoms with Crippen LogP contribution >= 0.6 is 22.7 Å². The van der Waals surface area contributed by atoms with Crippen molar-refractivity contribution in [3.63, 3.8) is 0 Å². The predicted molar refractivity (Wildman–Crippen MR) is 105 cm³/mol. The SMILES string of the molecule is Cc1nc(S(=O)(=O)N2CCN(C(=O)c3cnc(-c4ncccn4)s3)CC2)cs1. The van der Waals surface area contributed by atoms with Gasteiger partial charge in [-0.3, -0.25) is 4.79 Å². The van der Waals surface area contributed by atoms with E-state index in [2.05, 4.69) is 19.9 Å². The number of carbonyl (C=O) groups is 1. The van der Waals surface area contributed by atoms with Crippen LogP contribution < -0.4 is 0 Å². The van der Waals surface area contributed by atoms with E-state index in [1.54, 1.807) is 35.7 Å². The highest BCUT2D eigenvalue weighted by Gasteiger charge is 2.32. The number of rotatable bonds is 4. The Morgan fingerprint density at radius 2 is 1.82 bits per heavy atom. The fourth-order valence-corrected chi connectivity index (χ4v) is 5.92. The van der Waals surface area contributed by atoms with Gasteiger partial charge in [-0.05, 0) is 13.0 Å². The van der Waals surface area contributed by atoms with Crippen LogP contribution in [-0.4, -0.2) is 69.6 Å². The fraction of sp³-hybridized carbons (Fsp3) is 0.312. The summed E-state index contributed by atoms with van der Waals surface area (Å²) < 4.78 is 26.7. The van der Waals surface area contributed by atoms with E-state index < -0.39 is 10.0 Å². The average molecular weight is 437 g/mol. The zero-order valence-electron chi connectivity index (χ0n) is 14.8. The third kappa shape index (κ3) is 3.68. The smallest absolute Gasteiger partial charge is 0.265 e. The quantitative estimate of drug-likeness (QED) is 0.610. The highest BCUT2D eigenvalue weighted by atomic mass is 32.2. The van der Waals surface area contributed by atoms with Gasteiger partial charge < -0.3 is 4.90 Å². The normalized spacial score (nSPS) is 15.7. The summed E-state index contributed by atoms with van der Waals surface area (Å²) in [6.45, 7) is 2.87. The Bertz CT molecular complexity index is 1090. The van der Waals surface area contributed by atoms with Crippen LogP contribution in [0, 0.1) is 6.92 Å². The van der Waals surface area contributed by atoms with E-state index in [0.29, 0.717) is 33.8 Å². The molecule has 0 aliphatic carbocycles. The van der Waals surface area contributed by atoms with Crippen LogP contribution in [0.3, 0.4) is 0 Å². The molecule has 0 bridgehead atoms. The second-order valence-corrected chi connectivity index (χ2v) is 9.98. The van der Waals surface area contributed by atoms with Gasteiger partial charge in [0, 0.05) is 44.0 Å². The average Bonchev–Trinajstić information content (AvgIpc) is 3.38. The van der Waals surface area contributed by atoms with Gasteiger partial charge in [-0.25, -0.2) is 28.4 Å². The molecule has 4 heterocycles. The maximum absolute atomic E-state index is 12.8. The number of hydrogen-bond acceptors (Lipinski definition) is 9. The summed E-state index contributed by atoms with van der Waals surface area (Å²) in [4.78, 5) is 31.5.